The number of carbonyl (C=O) groups excluding carboxylic acids is 3. The zero-order chi connectivity index (χ0) is 35.7. The quantitative estimate of drug-likeness (QED) is 0.302. The molecule has 13 nitrogen and oxygen atoms in total. The van der Waals surface area contributed by atoms with Crippen LogP contribution in [0.4, 0.5) is 13.2 Å². The summed E-state index contributed by atoms with van der Waals surface area (Å²) in [5.41, 5.74) is 3.76. The highest BCUT2D eigenvalue weighted by atomic mass is 19.4. The van der Waals surface area contributed by atoms with E-state index in [2.05, 4.69) is 11.4 Å². The molecular weight excluding hydrogens is 651 g/mol. The summed E-state index contributed by atoms with van der Waals surface area (Å²) in [6.45, 7) is 5.55. The molecule has 0 radical (unpaired) electrons. The van der Waals surface area contributed by atoms with Gasteiger partial charge in [0.25, 0.3) is 0 Å². The Morgan fingerprint density at radius 1 is 1.14 bits per heavy atom. The number of methoxy groups -OCH3 is 1. The third kappa shape index (κ3) is 5.45. The smallest absolute Gasteiger partial charge is 0.471 e. The number of phenols is 1. The maximum Gasteiger partial charge on any atom is 0.471 e. The number of hydrogen-bond acceptors (Lipinski definition) is 11. The number of nitrogens with zero attached hydrogens (tertiary/aromatic N) is 3. The van der Waals surface area contributed by atoms with Gasteiger partial charge >= 0.3 is 18.1 Å². The molecular formula is C33H36F3N5O8. The Morgan fingerprint density at radius 2 is 1.84 bits per heavy atom. The Labute approximate surface area is 279 Å². The molecule has 2 aromatic carbocycles. The number of aryl methyl sites for hydroxylation is 1. The Bertz CT molecular complexity index is 1790. The number of carbonyl (C=O) groups is 3. The number of fused-ring (bicyclic) bond motifs is 9. The van der Waals surface area contributed by atoms with Crippen LogP contribution in [0, 0.1) is 25.2 Å². The fourth-order valence-electron chi connectivity index (χ4n) is 8.01. The summed E-state index contributed by atoms with van der Waals surface area (Å²) in [4.78, 5) is 41.2. The number of amides is 2. The van der Waals surface area contributed by atoms with Gasteiger partial charge in [-0.3, -0.25) is 24.2 Å². The predicted molar refractivity (Wildman–Crippen MR) is 164 cm³/mol. The van der Waals surface area contributed by atoms with Crippen molar-refractivity contribution in [3.63, 3.8) is 0 Å². The van der Waals surface area contributed by atoms with Crippen LogP contribution < -0.4 is 29.6 Å². The fourth-order valence-corrected chi connectivity index (χ4v) is 8.01. The van der Waals surface area contributed by atoms with E-state index < -0.39 is 54.2 Å². The molecule has 0 spiro atoms. The van der Waals surface area contributed by atoms with E-state index in [1.54, 1.807) is 12.2 Å². The molecule has 0 aliphatic carbocycles. The molecule has 262 valence electrons. The van der Waals surface area contributed by atoms with Crippen LogP contribution in [0.25, 0.3) is 0 Å². The van der Waals surface area contributed by atoms with Crippen LogP contribution in [0.3, 0.4) is 0 Å². The van der Waals surface area contributed by atoms with Crippen molar-refractivity contribution in [2.45, 2.75) is 83.0 Å². The van der Waals surface area contributed by atoms with Gasteiger partial charge in [-0.1, -0.05) is 6.07 Å². The third-order valence-electron chi connectivity index (χ3n) is 9.98. The molecule has 0 aromatic heterocycles. The van der Waals surface area contributed by atoms with E-state index in [1.165, 1.54) is 14.0 Å². The average Bonchev–Trinajstić information content (AvgIpc) is 3.52. The van der Waals surface area contributed by atoms with Gasteiger partial charge in [0.2, 0.25) is 12.7 Å². The molecule has 6 atom stereocenters. The minimum atomic E-state index is -5.19. The van der Waals surface area contributed by atoms with Crippen LogP contribution in [0.1, 0.15) is 59.3 Å². The van der Waals surface area contributed by atoms with Crippen LogP contribution >= 0.6 is 0 Å². The second kappa shape index (κ2) is 12.3. The Morgan fingerprint density at radius 3 is 2.47 bits per heavy atom. The monoisotopic (exact) mass is 687 g/mol. The number of esters is 1. The second-order valence-electron chi connectivity index (χ2n) is 12.8. The van der Waals surface area contributed by atoms with Crippen molar-refractivity contribution in [1.29, 1.82) is 5.26 Å². The van der Waals surface area contributed by atoms with Gasteiger partial charge in [0.1, 0.15) is 17.8 Å². The first-order chi connectivity index (χ1) is 23.1. The maximum atomic E-state index is 13.2. The highest BCUT2D eigenvalue weighted by Crippen LogP contribution is 2.58. The number of ether oxygens (including phenoxy) is 4. The number of nitriles is 1. The summed E-state index contributed by atoms with van der Waals surface area (Å²) in [5, 5.41) is 26.7. The normalized spacial score (nSPS) is 24.4. The van der Waals surface area contributed by atoms with Crippen molar-refractivity contribution in [3.8, 4) is 34.8 Å². The van der Waals surface area contributed by atoms with Crippen molar-refractivity contribution in [3.05, 3.63) is 39.4 Å². The molecule has 2 bridgehead atoms. The van der Waals surface area contributed by atoms with Gasteiger partial charge in [0, 0.05) is 47.8 Å². The van der Waals surface area contributed by atoms with E-state index in [9.17, 15) is 37.9 Å². The van der Waals surface area contributed by atoms with Crippen LogP contribution in [0.15, 0.2) is 6.07 Å². The molecule has 1 saturated heterocycles. The lowest BCUT2D eigenvalue weighted by Gasteiger charge is -2.60. The molecule has 6 rings (SSSR count). The standard InChI is InChI=1S/C33H36F3N5O8/c1-13-7-17-8-19-21(10-37)41-20(25(40(19)5)23(17)26(43)27(13)46-6)9-18-24(30-29(47-12-48-30)14(2)28(18)49-16(4)42)22(41)11-38-31(44)15(3)39-32(45)33(34,35)36/h7,15,19-22,25,43H,8-9,11-12H2,1-6H3,(H,38,44)(H,39,45)/t15-,19-,20?,21?,22-,25-/m0/s1. The number of nitrogens with one attached hydrogen (secondary N) is 2. The molecule has 2 unspecified atom stereocenters. The number of rotatable bonds is 6. The van der Waals surface area contributed by atoms with Crippen LogP contribution in [0.2, 0.25) is 0 Å². The summed E-state index contributed by atoms with van der Waals surface area (Å²) >= 11 is 0. The first kappa shape index (κ1) is 34.1. The van der Waals surface area contributed by atoms with Crippen molar-refractivity contribution < 1.29 is 51.6 Å². The lowest BCUT2D eigenvalue weighted by atomic mass is 9.71. The number of aromatic hydroxyl groups is 1. The third-order valence-corrected chi connectivity index (χ3v) is 9.98. The minimum absolute atomic E-state index is 0.0323. The lowest BCUT2D eigenvalue weighted by Crippen LogP contribution is -2.69. The van der Waals surface area contributed by atoms with Crippen molar-refractivity contribution in [1.82, 2.24) is 20.4 Å². The van der Waals surface area contributed by atoms with Gasteiger partial charge in [0.15, 0.2) is 23.0 Å². The molecule has 3 N–H and O–H groups in total. The number of hydrogen-bond donors (Lipinski definition) is 3. The van der Waals surface area contributed by atoms with E-state index in [0.29, 0.717) is 45.9 Å². The first-order valence-corrected chi connectivity index (χ1v) is 15.7. The van der Waals surface area contributed by atoms with Gasteiger partial charge in [-0.05, 0) is 51.8 Å². The summed E-state index contributed by atoms with van der Waals surface area (Å²) in [7, 11) is 3.34. The van der Waals surface area contributed by atoms with E-state index in [4.69, 9.17) is 18.9 Å². The van der Waals surface area contributed by atoms with Gasteiger partial charge in [-0.2, -0.15) is 18.4 Å². The van der Waals surface area contributed by atoms with Crippen LogP contribution in [0.5, 0.6) is 28.7 Å². The Hall–Kier alpha value is -4.75. The number of halogens is 3. The number of benzene rings is 2. The molecule has 4 aliphatic heterocycles. The summed E-state index contributed by atoms with van der Waals surface area (Å²) < 4.78 is 61.9. The summed E-state index contributed by atoms with van der Waals surface area (Å²) in [5.74, 6) is -2.58. The highest BCUT2D eigenvalue weighted by Gasteiger charge is 2.57. The van der Waals surface area contributed by atoms with Crippen molar-refractivity contribution in [2.75, 3.05) is 27.5 Å². The number of alkyl halides is 3. The number of likely N-dealkylation sites (N-methyl/N-ethyl adjacent to an activating group) is 1. The van der Waals surface area contributed by atoms with Gasteiger partial charge < -0.3 is 34.7 Å². The zero-order valence-electron chi connectivity index (χ0n) is 27.7. The van der Waals surface area contributed by atoms with Gasteiger partial charge in [-0.25, -0.2) is 0 Å². The largest absolute Gasteiger partial charge is 0.504 e. The van der Waals surface area contributed by atoms with Gasteiger partial charge in [0.05, 0.1) is 25.3 Å². The topological polar surface area (TPSA) is 163 Å². The fraction of sp³-hybridized carbons (Fsp3) is 0.515. The highest BCUT2D eigenvalue weighted by molar-refractivity contribution is 5.89. The average molecular weight is 688 g/mol. The van der Waals surface area contributed by atoms with Crippen molar-refractivity contribution in [2.24, 2.45) is 0 Å². The molecule has 2 amide bonds. The Kier molecular flexibility index (Phi) is 8.56. The molecule has 4 aliphatic rings. The molecule has 4 heterocycles. The van der Waals surface area contributed by atoms with E-state index in [0.717, 1.165) is 18.1 Å². The summed E-state index contributed by atoms with van der Waals surface area (Å²) in [6, 6.07) is -0.231. The van der Waals surface area contributed by atoms with E-state index in [-0.39, 0.29) is 37.3 Å². The predicted octanol–water partition coefficient (Wildman–Crippen LogP) is 2.63. The van der Waals surface area contributed by atoms with Crippen molar-refractivity contribution >= 4 is 17.8 Å². The maximum absolute atomic E-state index is 13.2. The second-order valence-corrected chi connectivity index (χ2v) is 12.8. The summed E-state index contributed by atoms with van der Waals surface area (Å²) in [6.07, 6.45) is -4.57. The van der Waals surface area contributed by atoms with E-state index >= 15 is 0 Å². The minimum Gasteiger partial charge on any atom is -0.504 e. The number of phenolic OH excluding ortho intramolecular Hbond substituents is 1. The Balaban J connectivity index is 1.52. The van der Waals surface area contributed by atoms with Crippen LogP contribution in [-0.4, -0.2) is 90.5 Å². The molecule has 0 saturated carbocycles. The molecule has 49 heavy (non-hydrogen) atoms. The zero-order valence-corrected chi connectivity index (χ0v) is 27.7. The molecule has 2 aromatic rings. The SMILES string of the molecule is COc1c(C)cc2c(c1O)[C@@H]1C3Cc4c(OC(C)=O)c(C)c5c(c4[C@H](CNC(=O)[C@H](C)NC(=O)C(F)(F)F)N3C(C#N)[C@H](C2)N1C)OCO5. The first-order valence-electron chi connectivity index (χ1n) is 15.7. The molecule has 16 heteroatoms. The van der Waals surface area contributed by atoms with E-state index in [1.807, 2.05) is 29.8 Å². The lowest BCUT2D eigenvalue weighted by molar-refractivity contribution is -0.174. The molecule has 1 fully saturated rings. The van der Waals surface area contributed by atoms with Gasteiger partial charge in [-0.15, -0.1) is 0 Å². The number of piperazine rings is 1. The van der Waals surface area contributed by atoms with Crippen LogP contribution in [-0.2, 0) is 27.2 Å².